The zero-order valence-corrected chi connectivity index (χ0v) is 70.0. The van der Waals surface area contributed by atoms with Crippen LogP contribution in [0.2, 0.25) is 0 Å². The summed E-state index contributed by atoms with van der Waals surface area (Å²) in [7, 11) is 7.09. The van der Waals surface area contributed by atoms with E-state index in [-0.39, 0.29) is 67.5 Å². The molecule has 0 N–H and O–H groups in total. The van der Waals surface area contributed by atoms with E-state index in [1.165, 1.54) is 6.20 Å². The predicted octanol–water partition coefficient (Wildman–Crippen LogP) is 26.4. The fourth-order valence-electron chi connectivity index (χ4n) is 19.5. The summed E-state index contributed by atoms with van der Waals surface area (Å²) < 4.78 is 319. The number of aryl methyl sites for hydroxylation is 12. The lowest BCUT2D eigenvalue weighted by Crippen LogP contribution is -2.31. The first-order valence-electron chi connectivity index (χ1n) is 58.6. The van der Waals surface area contributed by atoms with Gasteiger partial charge in [-0.25, -0.2) is 33.2 Å². The molecule has 24 rings (SSSR count). The van der Waals surface area contributed by atoms with Crippen LogP contribution in [0.15, 0.2) is 261 Å². The number of furan rings is 4. The van der Waals surface area contributed by atoms with E-state index in [9.17, 15) is 0 Å². The van der Waals surface area contributed by atoms with E-state index < -0.39 is 110 Å². The number of fused-ring (bicyclic) bond motifs is 24. The Morgan fingerprint density at radius 3 is 1.21 bits per heavy atom. The molecular weight excluding hydrogens is 1550 g/mol. The van der Waals surface area contributed by atoms with E-state index in [0.29, 0.717) is 117 Å². The van der Waals surface area contributed by atoms with Crippen LogP contribution >= 0.6 is 0 Å². The van der Waals surface area contributed by atoms with Gasteiger partial charge >= 0.3 is 0 Å². The van der Waals surface area contributed by atoms with Gasteiger partial charge in [0, 0.05) is 188 Å². The lowest BCUT2D eigenvalue weighted by atomic mass is 9.76. The van der Waals surface area contributed by atoms with Crippen LogP contribution in [-0.4, -0.2) is 19.9 Å². The molecule has 0 spiro atoms. The predicted molar refractivity (Wildman–Crippen MR) is 510 cm³/mol. The first-order chi connectivity index (χ1) is 74.7. The van der Waals surface area contributed by atoms with Crippen LogP contribution in [0.4, 0.5) is 0 Å². The zero-order chi connectivity index (χ0) is 117. The molecule has 8 aromatic carbocycles. The summed E-state index contributed by atoms with van der Waals surface area (Å²) in [5, 5.41) is 5.69. The second kappa shape index (κ2) is 28.9. The molecule has 0 saturated carbocycles. The van der Waals surface area contributed by atoms with Crippen LogP contribution in [0.5, 0.6) is 0 Å². The fourth-order valence-corrected chi connectivity index (χ4v) is 19.5. The normalized spacial score (nSPS) is 21.0. The molecule has 620 valence electrons. The number of benzene rings is 8. The van der Waals surface area contributed by atoms with Crippen LogP contribution in [0.3, 0.4) is 0 Å². The third kappa shape index (κ3) is 11.9. The molecule has 2 atom stereocenters. The molecule has 4 aliphatic rings. The van der Waals surface area contributed by atoms with Gasteiger partial charge in [-0.3, -0.25) is 4.98 Å². The minimum atomic E-state index is -3.18. The Hall–Kier alpha value is -13.8. The average molecular weight is 1690 g/mol. The van der Waals surface area contributed by atoms with Gasteiger partial charge < -0.3 is 17.7 Å². The highest BCUT2D eigenvalue weighted by molar-refractivity contribution is 6.15. The summed E-state index contributed by atoms with van der Waals surface area (Å²) in [6.07, 6.45) is 3.92. The minimum absolute atomic E-state index is 0.00774. The first-order valence-corrected chi connectivity index (χ1v) is 41.1. The standard InChI is InChI=1S/C30H29N2O.3C28H25N2O/c1-6-30(7-2)24-11-9-8-10-20(24)22-16-23-21-14-13-19(4)26(25-15-12-18(3)17-32(25)5)27(21)33-29(23)31-28(22)30;1-16-8-11-23(30(5)15-16)25-17(2)9-10-18-21-13-20-19-7-6-12-29-27(19)28(3,4)22(20)14-24(21)31-26(18)25;1-16-10-13-23(30(5)15-16)24-17(2)11-12-18-20-14-22-25(29-27(20)31-26(18)24)19-8-6-7-9-21(19)28(22,3)4;1-16-10-13-23(30(5)15-16)24-17(2)11-12-19-21-14-20-18-8-6-7-9-22(18)28(3,4)26(20)29-27(21)31-25(19)24/h8-17H,6-7H2,1-5H3;3*6-15H,1-5H3/q4*+1/i1D3,2D3,3D3,6D2;1D3,3D3,4D3;1D3,3D3;1D3,3D3,4D3. The lowest BCUT2D eigenvalue weighted by Gasteiger charge is -2.28. The van der Waals surface area contributed by atoms with Gasteiger partial charge in [0.25, 0.3) is 0 Å². The van der Waals surface area contributed by atoms with Crippen molar-refractivity contribution in [3.8, 4) is 89.7 Å². The van der Waals surface area contributed by atoms with Crippen LogP contribution in [-0.2, 0) is 49.9 Å². The molecule has 0 aliphatic heterocycles. The van der Waals surface area contributed by atoms with Crippen molar-refractivity contribution in [3.05, 3.63) is 333 Å². The van der Waals surface area contributed by atoms with E-state index >= 15 is 0 Å². The molecule has 4 aliphatic carbocycles. The Morgan fingerprint density at radius 1 is 0.333 bits per heavy atom. The number of aromatic nitrogens is 8. The molecule has 12 heterocycles. The highest BCUT2D eigenvalue weighted by Gasteiger charge is 2.45. The Labute approximate surface area is 784 Å². The molecule has 2 unspecified atom stereocenters. The van der Waals surface area contributed by atoms with Gasteiger partial charge in [-0.1, -0.05) is 182 Å². The number of nitrogens with zero attached hydrogens (tertiary/aromatic N) is 8. The quantitative estimate of drug-likeness (QED) is 0.151. The number of hydrogen-bond acceptors (Lipinski definition) is 8. The SMILES string of the molecule is [2H]C([2H])([2H])CC1(C([2H])([2H])C([2H])([2H])[2H])c2ccccc2-c2cc3c(nc21)oc1c(-c2ccc(C([2H])([2H])[2H])c[n+]2C)c(C)ccc13.[2H]C([2H])([2H])c1ccc(-c2c(C)ccc3c2oc2cc4c(cc23)-c2cccnc2C4(C([2H])([2H])[2H])C([2H])([2H])[2H])[n+](C)c1.[2H]C([2H])([2H])c1ccc(-c2c(C)ccc3c2oc2nc4c(cc23)-c2ccccc2C4(C([2H])([2H])[2H])C([2H])([2H])[2H])[n+](C)c1.[2H]C([2H])([2H])c1ccc(-c2c(C)ccc3c2oc2nc4c(cc23)C(C)(C([2H])([2H])[2H])c2ccccc2-4)[n+](C)c1. The third-order valence-electron chi connectivity index (χ3n) is 25.7. The number of rotatable bonds is 6. The molecule has 126 heavy (non-hydrogen) atoms. The maximum absolute atomic E-state index is 8.98. The van der Waals surface area contributed by atoms with Gasteiger partial charge in [0.1, 0.15) is 39.4 Å². The van der Waals surface area contributed by atoms with Gasteiger partial charge in [0.15, 0.2) is 41.5 Å². The number of pyridine rings is 8. The van der Waals surface area contributed by atoms with Gasteiger partial charge in [0.05, 0.1) is 45.0 Å². The minimum Gasteiger partial charge on any atom is -0.455 e. The Kier molecular flexibility index (Phi) is 11.4. The van der Waals surface area contributed by atoms with Crippen molar-refractivity contribution >= 4 is 88.1 Å². The van der Waals surface area contributed by atoms with E-state index in [2.05, 4.69) is 9.97 Å². The smallest absolute Gasteiger partial charge is 0.227 e. The van der Waals surface area contributed by atoms with E-state index in [4.69, 9.17) is 75.6 Å². The maximum atomic E-state index is 8.98. The lowest BCUT2D eigenvalue weighted by molar-refractivity contribution is -0.660. The molecule has 20 aromatic rings. The van der Waals surface area contributed by atoms with Crippen molar-refractivity contribution in [3.63, 3.8) is 0 Å². The highest BCUT2D eigenvalue weighted by Crippen LogP contribution is 2.57. The van der Waals surface area contributed by atoms with Crippen LogP contribution < -0.4 is 18.3 Å². The molecule has 0 bridgehead atoms. The molecule has 0 radical (unpaired) electrons. The maximum Gasteiger partial charge on any atom is 0.227 e. The Morgan fingerprint density at radius 2 is 0.738 bits per heavy atom. The molecule has 0 fully saturated rings. The largest absolute Gasteiger partial charge is 0.455 e. The zero-order valence-electron chi connectivity index (χ0n) is 105. The molecule has 12 heteroatoms. The van der Waals surface area contributed by atoms with Crippen LogP contribution in [0, 0.1) is 55.1 Å². The molecular formula is C114H104N8O4+4. The van der Waals surface area contributed by atoms with Crippen LogP contribution in [0.1, 0.15) is 205 Å². The first kappa shape index (κ1) is 49.6. The average Bonchev–Trinajstić information content (AvgIpc) is 1.52. The summed E-state index contributed by atoms with van der Waals surface area (Å²) in [4.78, 5) is 18.6. The van der Waals surface area contributed by atoms with Gasteiger partial charge in [0.2, 0.25) is 39.9 Å². The molecule has 12 nitrogen and oxygen atoms in total. The molecule has 12 aromatic heterocycles. The Balaban J connectivity index is 0.000000124. The van der Waals surface area contributed by atoms with Gasteiger partial charge in [-0.05, 0) is 195 Å². The van der Waals surface area contributed by atoms with Crippen molar-refractivity contribution < 1.29 is 83.9 Å². The second-order valence-corrected chi connectivity index (χ2v) is 33.6. The van der Waals surface area contributed by atoms with Crippen molar-refractivity contribution in [2.45, 2.75) is 144 Å². The summed E-state index contributed by atoms with van der Waals surface area (Å²) >= 11 is 0. The van der Waals surface area contributed by atoms with E-state index in [0.717, 1.165) is 83.0 Å². The van der Waals surface area contributed by atoms with Crippen molar-refractivity contribution in [2.24, 2.45) is 28.2 Å². The van der Waals surface area contributed by atoms with Crippen molar-refractivity contribution in [2.75, 3.05) is 0 Å². The van der Waals surface area contributed by atoms with Crippen molar-refractivity contribution in [1.29, 1.82) is 0 Å². The van der Waals surface area contributed by atoms with E-state index in [1.807, 2.05) is 114 Å². The fraction of sp³-hybridized carbons (Fsp3) is 0.228. The summed E-state index contributed by atoms with van der Waals surface area (Å²) in [6, 6.07) is 61.8. The highest BCUT2D eigenvalue weighted by atomic mass is 16.4. The topological polar surface area (TPSA) is 120 Å². The third-order valence-corrected chi connectivity index (χ3v) is 25.7. The number of hydrogen-bond donors (Lipinski definition) is 0. The summed E-state index contributed by atoms with van der Waals surface area (Å²) in [5.41, 5.74) is 11.9. The molecule has 0 saturated heterocycles. The second-order valence-electron chi connectivity index (χ2n) is 33.6. The Bertz CT molecular complexity index is 9280. The van der Waals surface area contributed by atoms with Gasteiger partial charge in [-0.15, -0.1) is 0 Å². The van der Waals surface area contributed by atoms with E-state index in [1.54, 1.807) is 205 Å². The summed E-state index contributed by atoms with van der Waals surface area (Å²) in [6.45, 7) is -19.3. The monoisotopic (exact) mass is 1680 g/mol. The molecule has 0 amide bonds. The van der Waals surface area contributed by atoms with Crippen LogP contribution in [0.25, 0.3) is 178 Å². The van der Waals surface area contributed by atoms with Crippen molar-refractivity contribution in [1.82, 2.24) is 19.9 Å². The summed E-state index contributed by atoms with van der Waals surface area (Å²) in [5.74, 6) is 0. The van der Waals surface area contributed by atoms with Gasteiger partial charge in [-0.2, -0.15) is 0 Å².